The summed E-state index contributed by atoms with van der Waals surface area (Å²) in [7, 11) is 0. The number of carbonyl (C=O) groups excluding carboxylic acids is 1. The molecule has 94 valence electrons. The maximum absolute atomic E-state index is 12.2. The third kappa shape index (κ3) is 3.48. The molecule has 16 heavy (non-hydrogen) atoms. The molecule has 0 atom stereocenters. The Morgan fingerprint density at radius 2 is 2.00 bits per heavy atom. The summed E-state index contributed by atoms with van der Waals surface area (Å²) in [4.78, 5) is 12.2. The highest BCUT2D eigenvalue weighted by molar-refractivity contribution is 5.82. The maximum atomic E-state index is 12.2. The molecule has 1 amide bonds. The van der Waals surface area contributed by atoms with Crippen molar-refractivity contribution >= 4 is 5.91 Å². The molecule has 0 aromatic heterocycles. The molecule has 1 fully saturated rings. The normalized spacial score (nSPS) is 19.0. The van der Waals surface area contributed by atoms with E-state index in [4.69, 9.17) is 5.73 Å². The number of carbonyl (C=O) groups is 1. The van der Waals surface area contributed by atoms with Crippen LogP contribution in [-0.2, 0) is 4.79 Å². The van der Waals surface area contributed by atoms with E-state index in [1.54, 1.807) is 0 Å². The second-order valence-electron chi connectivity index (χ2n) is 5.48. The first-order chi connectivity index (χ1) is 7.60. The van der Waals surface area contributed by atoms with E-state index in [1.165, 1.54) is 12.8 Å². The predicted molar refractivity (Wildman–Crippen MR) is 67.0 cm³/mol. The van der Waals surface area contributed by atoms with Gasteiger partial charge in [0.05, 0.1) is 0 Å². The van der Waals surface area contributed by atoms with Gasteiger partial charge in [-0.3, -0.25) is 4.79 Å². The lowest BCUT2D eigenvalue weighted by Gasteiger charge is -2.29. The first kappa shape index (κ1) is 13.5. The fourth-order valence-electron chi connectivity index (χ4n) is 2.85. The summed E-state index contributed by atoms with van der Waals surface area (Å²) in [6, 6.07) is 0. The van der Waals surface area contributed by atoms with Gasteiger partial charge >= 0.3 is 0 Å². The van der Waals surface area contributed by atoms with Gasteiger partial charge in [0, 0.05) is 12.0 Å². The minimum absolute atomic E-state index is 0.0667. The highest BCUT2D eigenvalue weighted by atomic mass is 16.2. The smallest absolute Gasteiger partial charge is 0.226 e. The first-order valence-corrected chi connectivity index (χ1v) is 6.59. The van der Waals surface area contributed by atoms with Crippen molar-refractivity contribution < 1.29 is 4.79 Å². The average Bonchev–Trinajstić information content (AvgIpc) is 2.67. The van der Waals surface area contributed by atoms with Crippen LogP contribution in [0.3, 0.4) is 0 Å². The lowest BCUT2D eigenvalue weighted by atomic mass is 9.77. The minimum atomic E-state index is -0.0667. The molecule has 0 unspecified atom stereocenters. The highest BCUT2D eigenvalue weighted by Gasteiger charge is 2.40. The molecule has 0 aliphatic heterocycles. The van der Waals surface area contributed by atoms with E-state index in [0.717, 1.165) is 32.2 Å². The van der Waals surface area contributed by atoms with E-state index in [-0.39, 0.29) is 11.3 Å². The molecular formula is C13H26N2O. The number of nitrogens with two attached hydrogens (primary N) is 1. The third-order valence-corrected chi connectivity index (χ3v) is 3.51. The van der Waals surface area contributed by atoms with Crippen LogP contribution >= 0.6 is 0 Å². The largest absolute Gasteiger partial charge is 0.356 e. The Kier molecular flexibility index (Phi) is 5.26. The molecule has 3 N–H and O–H groups in total. The second-order valence-corrected chi connectivity index (χ2v) is 5.48. The fraction of sp³-hybridized carbons (Fsp3) is 0.923. The lowest BCUT2D eigenvalue weighted by molar-refractivity contribution is -0.131. The van der Waals surface area contributed by atoms with Gasteiger partial charge in [-0.15, -0.1) is 0 Å². The summed E-state index contributed by atoms with van der Waals surface area (Å²) in [6.07, 6.45) is 6.46. The van der Waals surface area contributed by atoms with E-state index in [9.17, 15) is 4.79 Å². The van der Waals surface area contributed by atoms with Gasteiger partial charge < -0.3 is 11.1 Å². The van der Waals surface area contributed by atoms with Crippen LogP contribution in [-0.4, -0.2) is 19.0 Å². The summed E-state index contributed by atoms with van der Waals surface area (Å²) in [5.74, 6) is 0.866. The van der Waals surface area contributed by atoms with Crippen LogP contribution in [0.25, 0.3) is 0 Å². The molecule has 0 aromatic carbocycles. The van der Waals surface area contributed by atoms with Crippen LogP contribution in [0.15, 0.2) is 0 Å². The van der Waals surface area contributed by atoms with E-state index in [0.29, 0.717) is 12.5 Å². The Morgan fingerprint density at radius 3 is 2.50 bits per heavy atom. The van der Waals surface area contributed by atoms with Gasteiger partial charge in [-0.2, -0.15) is 0 Å². The van der Waals surface area contributed by atoms with Gasteiger partial charge in [0.1, 0.15) is 0 Å². The monoisotopic (exact) mass is 226 g/mol. The topological polar surface area (TPSA) is 55.1 Å². The van der Waals surface area contributed by atoms with Crippen LogP contribution in [0.2, 0.25) is 0 Å². The van der Waals surface area contributed by atoms with Gasteiger partial charge in [0.15, 0.2) is 0 Å². The Labute approximate surface area is 99.2 Å². The Balaban J connectivity index is 2.51. The molecule has 0 saturated heterocycles. The summed E-state index contributed by atoms with van der Waals surface area (Å²) < 4.78 is 0. The number of amides is 1. The highest BCUT2D eigenvalue weighted by Crippen LogP contribution is 2.43. The average molecular weight is 226 g/mol. The van der Waals surface area contributed by atoms with Crippen molar-refractivity contribution in [2.24, 2.45) is 17.1 Å². The number of hydrogen-bond donors (Lipinski definition) is 2. The molecule has 0 bridgehead atoms. The summed E-state index contributed by atoms with van der Waals surface area (Å²) in [6.45, 7) is 5.78. The quantitative estimate of drug-likeness (QED) is 0.681. The zero-order valence-corrected chi connectivity index (χ0v) is 10.7. The van der Waals surface area contributed by atoms with Crippen molar-refractivity contribution in [3.05, 3.63) is 0 Å². The predicted octanol–water partition coefficient (Wildman–Crippen LogP) is 2.06. The van der Waals surface area contributed by atoms with Crippen LogP contribution < -0.4 is 11.1 Å². The molecule has 0 heterocycles. The van der Waals surface area contributed by atoms with Gasteiger partial charge in [0.2, 0.25) is 5.91 Å². The van der Waals surface area contributed by atoms with E-state index in [2.05, 4.69) is 19.2 Å². The zero-order valence-electron chi connectivity index (χ0n) is 10.7. The van der Waals surface area contributed by atoms with Crippen LogP contribution in [0.1, 0.15) is 52.4 Å². The second kappa shape index (κ2) is 6.24. The molecular weight excluding hydrogens is 200 g/mol. The Hall–Kier alpha value is -0.570. The molecule has 0 aromatic rings. The van der Waals surface area contributed by atoms with Crippen LogP contribution in [0.4, 0.5) is 0 Å². The standard InChI is InChI=1S/C13H26N2O/c1-11(2)10-13(6-3-4-7-13)12(16)15-9-5-8-14/h11H,3-10,14H2,1-2H3,(H,15,16). The Bertz CT molecular complexity index is 220. The molecule has 1 aliphatic rings. The van der Waals surface area contributed by atoms with Crippen molar-refractivity contribution in [1.29, 1.82) is 0 Å². The number of rotatable bonds is 6. The molecule has 1 rings (SSSR count). The molecule has 1 saturated carbocycles. The van der Waals surface area contributed by atoms with Gasteiger partial charge in [0.25, 0.3) is 0 Å². The van der Waals surface area contributed by atoms with Crippen LogP contribution in [0, 0.1) is 11.3 Å². The fourth-order valence-corrected chi connectivity index (χ4v) is 2.85. The summed E-state index contributed by atoms with van der Waals surface area (Å²) >= 11 is 0. The number of nitrogens with one attached hydrogen (secondary N) is 1. The lowest BCUT2D eigenvalue weighted by Crippen LogP contribution is -2.40. The van der Waals surface area contributed by atoms with Crippen molar-refractivity contribution in [3.8, 4) is 0 Å². The summed E-state index contributed by atoms with van der Waals surface area (Å²) in [5.41, 5.74) is 5.36. The number of hydrogen-bond acceptors (Lipinski definition) is 2. The van der Waals surface area contributed by atoms with Crippen molar-refractivity contribution in [2.75, 3.05) is 13.1 Å². The molecule has 3 nitrogen and oxygen atoms in total. The zero-order chi connectivity index (χ0) is 12.0. The first-order valence-electron chi connectivity index (χ1n) is 6.59. The third-order valence-electron chi connectivity index (χ3n) is 3.51. The SMILES string of the molecule is CC(C)CC1(C(=O)NCCCN)CCCC1. The van der Waals surface area contributed by atoms with Gasteiger partial charge in [-0.1, -0.05) is 26.7 Å². The van der Waals surface area contributed by atoms with Gasteiger partial charge in [-0.25, -0.2) is 0 Å². The Morgan fingerprint density at radius 1 is 1.38 bits per heavy atom. The van der Waals surface area contributed by atoms with Crippen molar-refractivity contribution in [1.82, 2.24) is 5.32 Å². The van der Waals surface area contributed by atoms with E-state index in [1.807, 2.05) is 0 Å². The maximum Gasteiger partial charge on any atom is 0.226 e. The summed E-state index contributed by atoms with van der Waals surface area (Å²) in [5, 5.41) is 3.05. The van der Waals surface area contributed by atoms with Gasteiger partial charge in [-0.05, 0) is 38.1 Å². The van der Waals surface area contributed by atoms with E-state index < -0.39 is 0 Å². The molecule has 0 radical (unpaired) electrons. The molecule has 0 spiro atoms. The van der Waals surface area contributed by atoms with E-state index >= 15 is 0 Å². The van der Waals surface area contributed by atoms with Crippen LogP contribution in [0.5, 0.6) is 0 Å². The van der Waals surface area contributed by atoms with Crippen molar-refractivity contribution in [2.45, 2.75) is 52.4 Å². The minimum Gasteiger partial charge on any atom is -0.356 e. The molecule has 3 heteroatoms. The van der Waals surface area contributed by atoms with Crippen molar-refractivity contribution in [3.63, 3.8) is 0 Å². The molecule has 1 aliphatic carbocycles.